The zero-order valence-electron chi connectivity index (χ0n) is 17.0. The van der Waals surface area contributed by atoms with Crippen molar-refractivity contribution in [3.63, 3.8) is 0 Å². The summed E-state index contributed by atoms with van der Waals surface area (Å²) in [6.45, 7) is 4.17. The zero-order valence-corrected chi connectivity index (χ0v) is 17.7. The third kappa shape index (κ3) is 4.27. The molecule has 4 aromatic rings. The molecule has 0 atom stereocenters. The van der Waals surface area contributed by atoms with E-state index in [9.17, 15) is 0 Å². The lowest BCUT2D eigenvalue weighted by Gasteiger charge is -2.09. The van der Waals surface area contributed by atoms with Crippen molar-refractivity contribution in [1.29, 1.82) is 0 Å². The molecule has 0 saturated carbocycles. The predicted molar refractivity (Wildman–Crippen MR) is 126 cm³/mol. The van der Waals surface area contributed by atoms with Gasteiger partial charge in [-0.1, -0.05) is 72.3 Å². The Bertz CT molecular complexity index is 1150. The van der Waals surface area contributed by atoms with Crippen molar-refractivity contribution in [2.24, 2.45) is 10.2 Å². The van der Waals surface area contributed by atoms with Gasteiger partial charge >= 0.3 is 0 Å². The topological polar surface area (TPSA) is 29.6 Å². The third-order valence-electron chi connectivity index (χ3n) is 5.00. The second-order valence-corrected chi connectivity index (χ2v) is 7.50. The van der Waals surface area contributed by atoms with Gasteiger partial charge < -0.3 is 4.57 Å². The Kier molecular flexibility index (Phi) is 5.92. The van der Waals surface area contributed by atoms with E-state index < -0.39 is 0 Å². The van der Waals surface area contributed by atoms with Crippen LogP contribution in [-0.4, -0.2) is 16.5 Å². The van der Waals surface area contributed by atoms with Crippen molar-refractivity contribution in [3.05, 3.63) is 124 Å². The molecule has 0 amide bonds. The minimum atomic E-state index is 0.728. The molecule has 3 aromatic carbocycles. The standard InChI is InChI=1S/C26H22ClN3/c1-19-17-23(20(2)30(19)25-15-13-24(27)14-16-25)18-28-29-26(21-9-5-3-6-10-21)22-11-7-4-8-12-22/h3-18H,1-2H3/b28-18-. The Balaban J connectivity index is 1.69. The molecule has 0 aliphatic carbocycles. The summed E-state index contributed by atoms with van der Waals surface area (Å²) in [6, 6.07) is 30.2. The summed E-state index contributed by atoms with van der Waals surface area (Å²) in [5.74, 6) is 0. The number of aryl methyl sites for hydroxylation is 1. The lowest BCUT2D eigenvalue weighted by molar-refractivity contribution is 0.965. The van der Waals surface area contributed by atoms with Crippen LogP contribution in [0.3, 0.4) is 0 Å². The van der Waals surface area contributed by atoms with Gasteiger partial charge in [0.25, 0.3) is 0 Å². The van der Waals surface area contributed by atoms with Gasteiger partial charge in [-0.15, -0.1) is 5.10 Å². The molecule has 3 nitrogen and oxygen atoms in total. The minimum Gasteiger partial charge on any atom is -0.318 e. The van der Waals surface area contributed by atoms with Gasteiger partial charge in [0.05, 0.1) is 6.21 Å². The minimum absolute atomic E-state index is 0.728. The molecule has 0 aliphatic rings. The summed E-state index contributed by atoms with van der Waals surface area (Å²) < 4.78 is 2.19. The fraction of sp³-hybridized carbons (Fsp3) is 0.0769. The van der Waals surface area contributed by atoms with Gasteiger partial charge in [0.1, 0.15) is 5.71 Å². The number of rotatable bonds is 5. The van der Waals surface area contributed by atoms with Crippen LogP contribution in [-0.2, 0) is 0 Å². The van der Waals surface area contributed by atoms with Crippen LogP contribution in [0.15, 0.2) is 101 Å². The maximum absolute atomic E-state index is 6.04. The summed E-state index contributed by atoms with van der Waals surface area (Å²) in [6.07, 6.45) is 1.82. The molecule has 4 rings (SSSR count). The second-order valence-electron chi connectivity index (χ2n) is 7.06. The molecule has 0 unspecified atom stereocenters. The predicted octanol–water partition coefficient (Wildman–Crippen LogP) is 6.62. The van der Waals surface area contributed by atoms with Gasteiger partial charge in [0.2, 0.25) is 0 Å². The lowest BCUT2D eigenvalue weighted by Crippen LogP contribution is -2.02. The van der Waals surface area contributed by atoms with Gasteiger partial charge in [0.15, 0.2) is 0 Å². The van der Waals surface area contributed by atoms with Crippen molar-refractivity contribution in [1.82, 2.24) is 4.57 Å². The molecular weight excluding hydrogens is 390 g/mol. The van der Waals surface area contributed by atoms with E-state index in [1.54, 1.807) is 0 Å². The highest BCUT2D eigenvalue weighted by atomic mass is 35.5. The maximum atomic E-state index is 6.04. The van der Waals surface area contributed by atoms with Crippen molar-refractivity contribution in [2.45, 2.75) is 13.8 Å². The molecule has 0 N–H and O–H groups in total. The summed E-state index contributed by atoms with van der Waals surface area (Å²) in [5.41, 5.74) is 7.26. The highest BCUT2D eigenvalue weighted by molar-refractivity contribution is 6.30. The van der Waals surface area contributed by atoms with E-state index in [4.69, 9.17) is 11.6 Å². The van der Waals surface area contributed by atoms with Gasteiger partial charge in [-0.05, 0) is 44.2 Å². The van der Waals surface area contributed by atoms with E-state index in [1.807, 2.05) is 91.1 Å². The number of hydrogen-bond donors (Lipinski definition) is 0. The number of aromatic nitrogens is 1. The van der Waals surface area contributed by atoms with Crippen LogP contribution in [0.1, 0.15) is 28.1 Å². The first kappa shape index (κ1) is 19.9. The first-order valence-electron chi connectivity index (χ1n) is 9.80. The van der Waals surface area contributed by atoms with Crippen LogP contribution in [0.4, 0.5) is 0 Å². The van der Waals surface area contributed by atoms with Crippen molar-refractivity contribution >= 4 is 23.5 Å². The van der Waals surface area contributed by atoms with E-state index in [-0.39, 0.29) is 0 Å². The Labute approximate surface area is 182 Å². The van der Waals surface area contributed by atoms with Crippen molar-refractivity contribution < 1.29 is 0 Å². The largest absolute Gasteiger partial charge is 0.318 e. The quantitative estimate of drug-likeness (QED) is 0.261. The van der Waals surface area contributed by atoms with E-state index in [2.05, 4.69) is 34.7 Å². The van der Waals surface area contributed by atoms with E-state index in [0.29, 0.717) is 0 Å². The molecule has 0 aliphatic heterocycles. The first-order chi connectivity index (χ1) is 14.6. The van der Waals surface area contributed by atoms with Gasteiger partial charge in [-0.2, -0.15) is 5.10 Å². The first-order valence-corrected chi connectivity index (χ1v) is 10.2. The van der Waals surface area contributed by atoms with Crippen molar-refractivity contribution in [3.8, 4) is 5.69 Å². The Hall–Kier alpha value is -3.43. The summed E-state index contributed by atoms with van der Waals surface area (Å²) >= 11 is 6.04. The molecule has 1 aromatic heterocycles. The summed E-state index contributed by atoms with van der Waals surface area (Å²) in [4.78, 5) is 0. The van der Waals surface area contributed by atoms with Crippen LogP contribution in [0.5, 0.6) is 0 Å². The van der Waals surface area contributed by atoms with E-state index >= 15 is 0 Å². The Morgan fingerprint density at radius 2 is 1.37 bits per heavy atom. The van der Waals surface area contributed by atoms with Crippen LogP contribution in [0, 0.1) is 13.8 Å². The zero-order chi connectivity index (χ0) is 20.9. The van der Waals surface area contributed by atoms with Crippen LogP contribution in [0.25, 0.3) is 5.69 Å². The monoisotopic (exact) mass is 411 g/mol. The number of nitrogens with zero attached hydrogens (tertiary/aromatic N) is 3. The lowest BCUT2D eigenvalue weighted by atomic mass is 10.0. The molecular formula is C26H22ClN3. The van der Waals surface area contributed by atoms with Gasteiger partial charge in [0, 0.05) is 38.8 Å². The molecule has 30 heavy (non-hydrogen) atoms. The molecule has 4 heteroatoms. The smallest absolute Gasteiger partial charge is 0.100 e. The normalized spacial score (nSPS) is 11.0. The fourth-order valence-corrected chi connectivity index (χ4v) is 3.65. The van der Waals surface area contributed by atoms with Crippen LogP contribution >= 0.6 is 11.6 Å². The van der Waals surface area contributed by atoms with Crippen LogP contribution < -0.4 is 0 Å². The second kappa shape index (κ2) is 8.93. The van der Waals surface area contributed by atoms with Gasteiger partial charge in [-0.25, -0.2) is 0 Å². The van der Waals surface area contributed by atoms with E-state index in [1.165, 1.54) is 0 Å². The van der Waals surface area contributed by atoms with Crippen molar-refractivity contribution in [2.75, 3.05) is 0 Å². The Morgan fingerprint density at radius 1 is 0.800 bits per heavy atom. The SMILES string of the molecule is Cc1cc(/C=N\N=C(c2ccccc2)c2ccccc2)c(C)n1-c1ccc(Cl)cc1. The highest BCUT2D eigenvalue weighted by Gasteiger charge is 2.10. The molecule has 148 valence electrons. The molecule has 0 saturated heterocycles. The summed E-state index contributed by atoms with van der Waals surface area (Å²) in [7, 11) is 0. The average Bonchev–Trinajstić information content (AvgIpc) is 3.06. The number of hydrogen-bond acceptors (Lipinski definition) is 2. The number of benzene rings is 3. The maximum Gasteiger partial charge on any atom is 0.100 e. The van der Waals surface area contributed by atoms with Gasteiger partial charge in [-0.3, -0.25) is 0 Å². The Morgan fingerprint density at radius 3 is 1.93 bits per heavy atom. The average molecular weight is 412 g/mol. The van der Waals surface area contributed by atoms with E-state index in [0.717, 1.165) is 44.5 Å². The molecule has 1 heterocycles. The fourth-order valence-electron chi connectivity index (χ4n) is 3.53. The van der Waals surface area contributed by atoms with Crippen LogP contribution in [0.2, 0.25) is 5.02 Å². The number of halogens is 1. The third-order valence-corrected chi connectivity index (χ3v) is 5.26. The molecule has 0 spiro atoms. The summed E-state index contributed by atoms with van der Waals surface area (Å²) in [5, 5.41) is 9.76. The molecule has 0 fully saturated rings. The highest BCUT2D eigenvalue weighted by Crippen LogP contribution is 2.21. The molecule has 0 radical (unpaired) electrons. The molecule has 0 bridgehead atoms.